The number of likely N-dealkylation sites (tertiary alicyclic amines) is 1. The van der Waals surface area contributed by atoms with E-state index in [-0.39, 0.29) is 0 Å². The average Bonchev–Trinajstić information content (AvgIpc) is 3.04. The van der Waals surface area contributed by atoms with Crippen LogP contribution in [0.4, 0.5) is 0 Å². The van der Waals surface area contributed by atoms with Crippen molar-refractivity contribution in [3.05, 3.63) is 16.1 Å². The second-order valence-electron chi connectivity index (χ2n) is 7.79. The van der Waals surface area contributed by atoms with Gasteiger partial charge in [0.2, 0.25) is 0 Å². The van der Waals surface area contributed by atoms with Gasteiger partial charge < -0.3 is 15.5 Å². The summed E-state index contributed by atoms with van der Waals surface area (Å²) < 4.78 is 0. The Morgan fingerprint density at radius 1 is 1.36 bits per heavy atom. The Hall–Kier alpha value is -1.14. The molecular formula is C19H35N5S. The summed E-state index contributed by atoms with van der Waals surface area (Å²) in [4.78, 5) is 11.6. The van der Waals surface area contributed by atoms with Gasteiger partial charge in [0.1, 0.15) is 5.01 Å². The van der Waals surface area contributed by atoms with Crippen molar-refractivity contribution in [3.8, 4) is 0 Å². The maximum atomic E-state index is 4.67. The number of aliphatic imine (C=N–C) groups is 1. The van der Waals surface area contributed by atoms with Crippen molar-refractivity contribution in [2.45, 2.75) is 53.0 Å². The fourth-order valence-corrected chi connectivity index (χ4v) is 4.19. The van der Waals surface area contributed by atoms with Gasteiger partial charge in [-0.2, -0.15) is 0 Å². The summed E-state index contributed by atoms with van der Waals surface area (Å²) in [7, 11) is 1.84. The molecule has 1 aromatic heterocycles. The van der Waals surface area contributed by atoms with Crippen molar-refractivity contribution in [3.63, 3.8) is 0 Å². The van der Waals surface area contributed by atoms with Crippen LogP contribution in [0.5, 0.6) is 0 Å². The Kier molecular flexibility index (Phi) is 8.16. The monoisotopic (exact) mass is 365 g/mol. The molecule has 25 heavy (non-hydrogen) atoms. The van der Waals surface area contributed by atoms with Gasteiger partial charge in [-0.15, -0.1) is 11.3 Å². The summed E-state index contributed by atoms with van der Waals surface area (Å²) >= 11 is 1.72. The zero-order valence-electron chi connectivity index (χ0n) is 16.5. The Balaban J connectivity index is 1.74. The van der Waals surface area contributed by atoms with Crippen LogP contribution in [0.2, 0.25) is 0 Å². The minimum Gasteiger partial charge on any atom is -0.356 e. The standard InChI is InChI=1S/C19H35N5S/c1-14(2)11-24-8-6-7-16(12-24)9-21-19(20-5)22-10-18-23-17(13-25-18)15(3)4/h13-16H,6-12H2,1-5H3,(H2,20,21,22). The molecule has 1 fully saturated rings. The average molecular weight is 366 g/mol. The van der Waals surface area contributed by atoms with Crippen molar-refractivity contribution < 1.29 is 0 Å². The van der Waals surface area contributed by atoms with E-state index in [1.165, 1.54) is 38.2 Å². The van der Waals surface area contributed by atoms with Gasteiger partial charge in [0.15, 0.2) is 5.96 Å². The summed E-state index contributed by atoms with van der Waals surface area (Å²) in [5.74, 6) is 2.82. The maximum Gasteiger partial charge on any atom is 0.191 e. The first-order valence-electron chi connectivity index (χ1n) is 9.59. The molecule has 0 amide bonds. The van der Waals surface area contributed by atoms with E-state index in [1.807, 2.05) is 7.05 Å². The van der Waals surface area contributed by atoms with Crippen LogP contribution in [0.25, 0.3) is 0 Å². The summed E-state index contributed by atoms with van der Waals surface area (Å²) in [5.41, 5.74) is 1.18. The van der Waals surface area contributed by atoms with Crippen molar-refractivity contribution in [1.29, 1.82) is 0 Å². The molecule has 6 heteroatoms. The molecule has 0 spiro atoms. The lowest BCUT2D eigenvalue weighted by atomic mass is 9.97. The van der Waals surface area contributed by atoms with E-state index >= 15 is 0 Å². The normalized spacial score (nSPS) is 19.6. The highest BCUT2D eigenvalue weighted by Crippen LogP contribution is 2.18. The van der Waals surface area contributed by atoms with Gasteiger partial charge in [-0.3, -0.25) is 4.99 Å². The number of nitrogens with zero attached hydrogens (tertiary/aromatic N) is 3. The first kappa shape index (κ1) is 20.2. The number of piperidine rings is 1. The fourth-order valence-electron chi connectivity index (χ4n) is 3.29. The van der Waals surface area contributed by atoms with Crippen LogP contribution in [0.15, 0.2) is 10.4 Å². The molecule has 0 radical (unpaired) electrons. The number of thiazole rings is 1. The van der Waals surface area contributed by atoms with Crippen LogP contribution in [0.3, 0.4) is 0 Å². The molecule has 2 N–H and O–H groups in total. The lowest BCUT2D eigenvalue weighted by Crippen LogP contribution is -2.44. The van der Waals surface area contributed by atoms with Crippen molar-refractivity contribution in [2.24, 2.45) is 16.8 Å². The van der Waals surface area contributed by atoms with Gasteiger partial charge in [-0.1, -0.05) is 27.7 Å². The van der Waals surface area contributed by atoms with E-state index in [9.17, 15) is 0 Å². The predicted octanol–water partition coefficient (Wildman–Crippen LogP) is 3.30. The summed E-state index contributed by atoms with van der Waals surface area (Å²) in [5, 5.41) is 10.2. The van der Waals surface area contributed by atoms with Gasteiger partial charge >= 0.3 is 0 Å². The van der Waals surface area contributed by atoms with Gasteiger partial charge in [-0.05, 0) is 37.1 Å². The molecule has 1 aromatic rings. The lowest BCUT2D eigenvalue weighted by Gasteiger charge is -2.34. The van der Waals surface area contributed by atoms with Crippen LogP contribution in [-0.4, -0.2) is 49.1 Å². The summed E-state index contributed by atoms with van der Waals surface area (Å²) in [6.45, 7) is 14.4. The van der Waals surface area contributed by atoms with Crippen molar-refractivity contribution in [2.75, 3.05) is 33.2 Å². The second-order valence-corrected chi connectivity index (χ2v) is 8.73. The highest BCUT2D eigenvalue weighted by atomic mass is 32.1. The summed E-state index contributed by atoms with van der Waals surface area (Å²) in [6.07, 6.45) is 2.62. The molecular weight excluding hydrogens is 330 g/mol. The zero-order valence-corrected chi connectivity index (χ0v) is 17.3. The van der Waals surface area contributed by atoms with Gasteiger partial charge in [0.25, 0.3) is 0 Å². The largest absolute Gasteiger partial charge is 0.356 e. The highest BCUT2D eigenvalue weighted by molar-refractivity contribution is 7.09. The molecule has 0 aliphatic carbocycles. The predicted molar refractivity (Wildman–Crippen MR) is 108 cm³/mol. The highest BCUT2D eigenvalue weighted by Gasteiger charge is 2.20. The molecule has 0 aromatic carbocycles. The third-order valence-corrected chi connectivity index (χ3v) is 5.44. The molecule has 1 unspecified atom stereocenters. The van der Waals surface area contributed by atoms with E-state index in [1.54, 1.807) is 11.3 Å². The van der Waals surface area contributed by atoms with E-state index in [0.29, 0.717) is 11.8 Å². The van der Waals surface area contributed by atoms with Crippen LogP contribution < -0.4 is 10.6 Å². The molecule has 0 saturated carbocycles. The van der Waals surface area contributed by atoms with Crippen LogP contribution >= 0.6 is 11.3 Å². The van der Waals surface area contributed by atoms with Gasteiger partial charge in [0, 0.05) is 32.1 Å². The lowest BCUT2D eigenvalue weighted by molar-refractivity contribution is 0.159. The number of hydrogen-bond donors (Lipinski definition) is 2. The van der Waals surface area contributed by atoms with Gasteiger partial charge in [-0.25, -0.2) is 4.98 Å². The molecule has 1 aliphatic heterocycles. The molecule has 0 bridgehead atoms. The van der Waals surface area contributed by atoms with E-state index in [4.69, 9.17) is 0 Å². The maximum absolute atomic E-state index is 4.67. The van der Waals surface area contributed by atoms with Crippen LogP contribution in [-0.2, 0) is 6.54 Å². The second kappa shape index (κ2) is 10.1. The first-order chi connectivity index (χ1) is 12.0. The molecule has 1 atom stereocenters. The Bertz CT molecular complexity index is 538. The Morgan fingerprint density at radius 2 is 2.16 bits per heavy atom. The number of guanidine groups is 1. The van der Waals surface area contributed by atoms with Gasteiger partial charge in [0.05, 0.1) is 12.2 Å². The zero-order chi connectivity index (χ0) is 18.2. The smallest absolute Gasteiger partial charge is 0.191 e. The molecule has 2 rings (SSSR count). The topological polar surface area (TPSA) is 52.6 Å². The number of rotatable bonds is 7. The Morgan fingerprint density at radius 3 is 2.80 bits per heavy atom. The molecule has 1 aliphatic rings. The molecule has 2 heterocycles. The summed E-state index contributed by atoms with van der Waals surface area (Å²) in [6, 6.07) is 0. The third-order valence-electron chi connectivity index (χ3n) is 4.58. The Labute approximate surface area is 157 Å². The van der Waals surface area contributed by atoms with Crippen LogP contribution in [0, 0.1) is 11.8 Å². The minimum absolute atomic E-state index is 0.488. The van der Waals surface area contributed by atoms with E-state index < -0.39 is 0 Å². The fraction of sp³-hybridized carbons (Fsp3) is 0.789. The third kappa shape index (κ3) is 6.94. The SMILES string of the molecule is CN=C(NCc1nc(C(C)C)cs1)NCC1CCCN(CC(C)C)C1. The van der Waals surface area contributed by atoms with Crippen molar-refractivity contribution >= 4 is 17.3 Å². The van der Waals surface area contributed by atoms with Crippen molar-refractivity contribution in [1.82, 2.24) is 20.5 Å². The number of hydrogen-bond acceptors (Lipinski definition) is 4. The minimum atomic E-state index is 0.488. The van der Waals surface area contributed by atoms with E-state index in [0.717, 1.165) is 30.0 Å². The first-order valence-corrected chi connectivity index (χ1v) is 10.5. The number of nitrogens with one attached hydrogen (secondary N) is 2. The van der Waals surface area contributed by atoms with E-state index in [2.05, 4.69) is 58.6 Å². The number of aromatic nitrogens is 1. The molecule has 1 saturated heterocycles. The molecule has 5 nitrogen and oxygen atoms in total. The quantitative estimate of drug-likeness (QED) is 0.575. The van der Waals surface area contributed by atoms with Crippen LogP contribution in [0.1, 0.15) is 57.2 Å². The molecule has 142 valence electrons.